The van der Waals surface area contributed by atoms with Crippen molar-refractivity contribution in [3.05, 3.63) is 86.7 Å². The number of carbonyl (C=O) groups is 1. The predicted octanol–water partition coefficient (Wildman–Crippen LogP) is 4.17. The highest BCUT2D eigenvalue weighted by atomic mass is 32.2. The molecule has 0 atom stereocenters. The van der Waals surface area contributed by atoms with Crippen LogP contribution in [0.1, 0.15) is 66.7 Å². The summed E-state index contributed by atoms with van der Waals surface area (Å²) in [6.07, 6.45) is 6.59. The van der Waals surface area contributed by atoms with Crippen LogP contribution >= 0.6 is 11.8 Å². The summed E-state index contributed by atoms with van der Waals surface area (Å²) < 4.78 is 18.8. The number of carbonyl (C=O) groups excluding carboxylic acids is 1. The van der Waals surface area contributed by atoms with E-state index in [1.165, 1.54) is 10.6 Å². The van der Waals surface area contributed by atoms with Gasteiger partial charge >= 0.3 is 5.69 Å². The molecule has 1 N–H and O–H groups in total. The predicted molar refractivity (Wildman–Crippen MR) is 153 cm³/mol. The van der Waals surface area contributed by atoms with Gasteiger partial charge in [0.25, 0.3) is 11.5 Å². The minimum absolute atomic E-state index is 0.0725. The van der Waals surface area contributed by atoms with Gasteiger partial charge in [0.2, 0.25) is 0 Å². The molecule has 4 aromatic rings. The van der Waals surface area contributed by atoms with Crippen LogP contribution in [0.25, 0.3) is 16.7 Å². The van der Waals surface area contributed by atoms with Crippen LogP contribution in [0.4, 0.5) is 4.39 Å². The van der Waals surface area contributed by atoms with E-state index >= 15 is 0 Å². The Balaban J connectivity index is 1.22. The molecule has 2 fully saturated rings. The van der Waals surface area contributed by atoms with Gasteiger partial charge in [0.1, 0.15) is 11.5 Å². The largest absolute Gasteiger partial charge is 0.349 e. The maximum absolute atomic E-state index is 14.2. The average Bonchev–Trinajstić information content (AvgIpc) is 3.37. The molecule has 1 saturated carbocycles. The zero-order valence-corrected chi connectivity index (χ0v) is 23.1. The number of pyridine rings is 1. The summed E-state index contributed by atoms with van der Waals surface area (Å²) in [4.78, 5) is 44.6. The van der Waals surface area contributed by atoms with Crippen molar-refractivity contribution in [3.8, 4) is 5.69 Å². The Kier molecular flexibility index (Phi) is 7.31. The average molecular weight is 563 g/mol. The van der Waals surface area contributed by atoms with Gasteiger partial charge in [0.15, 0.2) is 0 Å². The highest BCUT2D eigenvalue weighted by Crippen LogP contribution is 2.30. The summed E-state index contributed by atoms with van der Waals surface area (Å²) in [6, 6.07) is 10.3. The van der Waals surface area contributed by atoms with Crippen molar-refractivity contribution in [3.63, 3.8) is 0 Å². The zero-order valence-electron chi connectivity index (χ0n) is 22.3. The minimum atomic E-state index is -0.599. The number of thioether (sulfide) groups is 1. The molecular weight excluding hydrogens is 531 g/mol. The lowest BCUT2D eigenvalue weighted by molar-refractivity contribution is 0.0921. The van der Waals surface area contributed by atoms with E-state index in [1.54, 1.807) is 15.4 Å². The zero-order chi connectivity index (χ0) is 27.8. The Labute approximate surface area is 234 Å². The highest BCUT2D eigenvalue weighted by Gasteiger charge is 2.30. The molecule has 208 valence electrons. The molecule has 0 spiro atoms. The van der Waals surface area contributed by atoms with Crippen LogP contribution < -0.4 is 16.6 Å². The van der Waals surface area contributed by atoms with E-state index in [1.807, 2.05) is 49.0 Å². The van der Waals surface area contributed by atoms with Gasteiger partial charge in [0.05, 0.1) is 34.7 Å². The van der Waals surface area contributed by atoms with Gasteiger partial charge in [0, 0.05) is 18.1 Å². The first-order chi connectivity index (χ1) is 19.4. The van der Waals surface area contributed by atoms with Crippen LogP contribution in [-0.4, -0.2) is 47.4 Å². The number of benzene rings is 1. The summed E-state index contributed by atoms with van der Waals surface area (Å²) in [5.41, 5.74) is 1.54. The molecule has 4 heterocycles. The fourth-order valence-corrected chi connectivity index (χ4v) is 7.08. The lowest BCUT2D eigenvalue weighted by atomic mass is 9.90. The molecule has 11 heteroatoms. The summed E-state index contributed by atoms with van der Waals surface area (Å²) in [5.74, 6) is 1.06. The number of fused-ring (bicyclic) bond motifs is 1. The molecule has 1 aliphatic carbocycles. The lowest BCUT2D eigenvalue weighted by Gasteiger charge is -2.31. The van der Waals surface area contributed by atoms with Gasteiger partial charge < -0.3 is 5.32 Å². The molecule has 2 aliphatic rings. The van der Waals surface area contributed by atoms with E-state index in [0.29, 0.717) is 31.2 Å². The van der Waals surface area contributed by atoms with Gasteiger partial charge in [-0.05, 0) is 75.2 Å². The number of para-hydroxylation sites is 1. The fraction of sp³-hybridized carbons (Fsp3) is 0.414. The Morgan fingerprint density at radius 3 is 2.40 bits per heavy atom. The number of hydrogen-bond donors (Lipinski definition) is 1. The topological polar surface area (TPSA) is 104 Å². The second-order valence-electron chi connectivity index (χ2n) is 10.6. The van der Waals surface area contributed by atoms with Gasteiger partial charge in [-0.3, -0.25) is 18.7 Å². The van der Waals surface area contributed by atoms with Gasteiger partial charge in [-0.1, -0.05) is 18.2 Å². The Bertz CT molecular complexity index is 1670. The number of halogens is 1. The fourth-order valence-electron chi connectivity index (χ4n) is 6.00. The van der Waals surface area contributed by atoms with Crippen molar-refractivity contribution in [2.24, 2.45) is 0 Å². The number of aromatic nitrogens is 5. The van der Waals surface area contributed by atoms with Crippen molar-refractivity contribution in [1.29, 1.82) is 0 Å². The number of hydrogen-bond acceptors (Lipinski definition) is 6. The Morgan fingerprint density at radius 1 is 0.975 bits per heavy atom. The molecule has 0 bridgehead atoms. The van der Waals surface area contributed by atoms with Gasteiger partial charge in [-0.15, -0.1) is 0 Å². The summed E-state index contributed by atoms with van der Waals surface area (Å²) >= 11 is 1.84. The number of nitrogens with one attached hydrogen (secondary N) is 1. The van der Waals surface area contributed by atoms with Crippen LogP contribution in [0.15, 0.2) is 58.4 Å². The third-order valence-electron chi connectivity index (χ3n) is 8.13. The molecule has 1 amide bonds. The van der Waals surface area contributed by atoms with Crippen LogP contribution in [-0.2, 0) is 0 Å². The molecule has 1 aromatic carbocycles. The third-order valence-corrected chi connectivity index (χ3v) is 9.18. The highest BCUT2D eigenvalue weighted by molar-refractivity contribution is 7.99. The Morgan fingerprint density at radius 2 is 1.68 bits per heavy atom. The van der Waals surface area contributed by atoms with E-state index in [2.05, 4.69) is 15.4 Å². The Hall–Kier alpha value is -3.73. The molecule has 1 aliphatic heterocycles. The normalized spacial score (nSPS) is 20.1. The van der Waals surface area contributed by atoms with E-state index < -0.39 is 11.4 Å². The van der Waals surface area contributed by atoms with E-state index in [4.69, 9.17) is 0 Å². The lowest BCUT2D eigenvalue weighted by Crippen LogP contribution is -2.46. The van der Waals surface area contributed by atoms with Crippen molar-refractivity contribution in [2.75, 3.05) is 11.5 Å². The van der Waals surface area contributed by atoms with E-state index in [0.717, 1.165) is 41.9 Å². The molecule has 0 unspecified atom stereocenters. The van der Waals surface area contributed by atoms with E-state index in [-0.39, 0.29) is 40.8 Å². The van der Waals surface area contributed by atoms with Crippen LogP contribution in [0, 0.1) is 12.7 Å². The van der Waals surface area contributed by atoms with Crippen LogP contribution in [0.3, 0.4) is 0 Å². The number of rotatable bonds is 5. The van der Waals surface area contributed by atoms with Crippen LogP contribution in [0.2, 0.25) is 0 Å². The maximum atomic E-state index is 14.2. The molecule has 6 rings (SSSR count). The SMILES string of the molecule is Cc1c(C(=O)NC2CCC(n3c(=O)c4cc(F)cnc4n(C4CCSCC4)c3=O)CC2)cnn1-c1ccccc1. The molecule has 0 radical (unpaired) electrons. The number of amides is 1. The summed E-state index contributed by atoms with van der Waals surface area (Å²) in [6.45, 7) is 1.87. The first-order valence-corrected chi connectivity index (χ1v) is 14.9. The number of nitrogens with zero attached hydrogens (tertiary/aromatic N) is 5. The monoisotopic (exact) mass is 562 g/mol. The second kappa shape index (κ2) is 11.0. The van der Waals surface area contributed by atoms with E-state index in [9.17, 15) is 18.8 Å². The molecule has 9 nitrogen and oxygen atoms in total. The summed E-state index contributed by atoms with van der Waals surface area (Å²) in [7, 11) is 0. The van der Waals surface area contributed by atoms with Crippen molar-refractivity contribution >= 4 is 28.7 Å². The first kappa shape index (κ1) is 26.5. The smallest absolute Gasteiger partial charge is 0.333 e. The first-order valence-electron chi connectivity index (χ1n) is 13.7. The van der Waals surface area contributed by atoms with Crippen molar-refractivity contribution in [1.82, 2.24) is 29.2 Å². The quantitative estimate of drug-likeness (QED) is 0.392. The van der Waals surface area contributed by atoms with Crippen molar-refractivity contribution < 1.29 is 9.18 Å². The summed E-state index contributed by atoms with van der Waals surface area (Å²) in [5, 5.41) is 7.65. The van der Waals surface area contributed by atoms with Gasteiger partial charge in [-0.25, -0.2) is 18.9 Å². The standard InChI is InChI=1S/C29H31FN6O3S/c1-18-25(17-32-36(18)23-5-3-2-4-6-23)27(37)33-20-7-9-21(10-8-20)35-28(38)24-15-19(30)16-31-26(24)34(29(35)39)22-11-13-40-14-12-22/h2-6,15-17,20-22H,7-14H2,1H3,(H,33,37). The molecule has 40 heavy (non-hydrogen) atoms. The molecule has 3 aromatic heterocycles. The van der Waals surface area contributed by atoms with Crippen LogP contribution in [0.5, 0.6) is 0 Å². The minimum Gasteiger partial charge on any atom is -0.349 e. The van der Waals surface area contributed by atoms with Gasteiger partial charge in [-0.2, -0.15) is 16.9 Å². The maximum Gasteiger partial charge on any atom is 0.333 e. The van der Waals surface area contributed by atoms with Crippen molar-refractivity contribution in [2.45, 2.75) is 63.6 Å². The molecule has 1 saturated heterocycles. The molecular formula is C29H31FN6O3S. The second-order valence-corrected chi connectivity index (χ2v) is 11.8. The third kappa shape index (κ3) is 4.87.